The maximum atomic E-state index is 11.6. The molecule has 2 N–H and O–H groups in total. The van der Waals surface area contributed by atoms with Gasteiger partial charge in [0.1, 0.15) is 17.3 Å². The minimum atomic E-state index is -0.319. The summed E-state index contributed by atoms with van der Waals surface area (Å²) >= 11 is 0. The number of carbonyl (C=O) groups is 1. The number of hydrogen-bond donors (Lipinski definition) is 2. The van der Waals surface area contributed by atoms with E-state index in [0.29, 0.717) is 35.0 Å². The summed E-state index contributed by atoms with van der Waals surface area (Å²) in [6.45, 7) is 0. The highest BCUT2D eigenvalue weighted by molar-refractivity contribution is 5.89. The molecule has 31 heavy (non-hydrogen) atoms. The lowest BCUT2D eigenvalue weighted by Crippen LogP contribution is -2.19. The van der Waals surface area contributed by atoms with E-state index in [2.05, 4.69) is 19.9 Å². The summed E-state index contributed by atoms with van der Waals surface area (Å²) in [6.07, 6.45) is 7.11. The van der Waals surface area contributed by atoms with Crippen molar-refractivity contribution in [2.24, 2.45) is 0 Å². The molecule has 5 rings (SSSR count). The predicted molar refractivity (Wildman–Crippen MR) is 116 cm³/mol. The van der Waals surface area contributed by atoms with Gasteiger partial charge in [-0.1, -0.05) is 18.6 Å². The molecule has 2 atom stereocenters. The lowest BCUT2D eigenvalue weighted by Gasteiger charge is -2.26. The Morgan fingerprint density at radius 3 is 2.81 bits per heavy atom. The Balaban J connectivity index is 1.50. The van der Waals surface area contributed by atoms with Crippen LogP contribution in [0.15, 0.2) is 54.9 Å². The molecule has 0 bridgehead atoms. The molecule has 0 saturated heterocycles. The van der Waals surface area contributed by atoms with Gasteiger partial charge in [0.05, 0.1) is 17.1 Å². The molecule has 0 amide bonds. The molecular formula is C24H22N4O3. The third-order valence-electron chi connectivity index (χ3n) is 5.74. The van der Waals surface area contributed by atoms with Gasteiger partial charge in [-0.3, -0.25) is 9.78 Å². The van der Waals surface area contributed by atoms with Gasteiger partial charge in [-0.15, -0.1) is 0 Å². The number of fused-ring (bicyclic) bond motifs is 1. The number of carbonyl (C=O) groups excluding carboxylic acids is 1. The molecule has 156 valence electrons. The monoisotopic (exact) mass is 414 g/mol. The quantitative estimate of drug-likeness (QED) is 0.461. The fourth-order valence-electron chi connectivity index (χ4n) is 4.21. The van der Waals surface area contributed by atoms with Crippen molar-refractivity contribution in [2.75, 3.05) is 0 Å². The zero-order valence-electron chi connectivity index (χ0n) is 16.9. The molecule has 4 aromatic rings. The Kier molecular flexibility index (Phi) is 5.18. The number of ether oxygens (including phenoxy) is 1. The minimum absolute atomic E-state index is 0.108. The summed E-state index contributed by atoms with van der Waals surface area (Å²) in [5, 5.41) is 10.1. The Labute approximate surface area is 179 Å². The van der Waals surface area contributed by atoms with E-state index in [9.17, 15) is 9.90 Å². The second kappa shape index (κ2) is 8.28. The fourth-order valence-corrected chi connectivity index (χ4v) is 4.21. The van der Waals surface area contributed by atoms with Crippen LogP contribution < -0.4 is 4.74 Å². The highest BCUT2D eigenvalue weighted by atomic mass is 16.5. The molecule has 7 heteroatoms. The summed E-state index contributed by atoms with van der Waals surface area (Å²) in [4.78, 5) is 28.4. The highest BCUT2D eigenvalue weighted by Crippen LogP contribution is 2.37. The van der Waals surface area contributed by atoms with Crippen LogP contribution in [0.1, 0.15) is 47.7 Å². The number of benzene rings is 2. The second-order valence-electron chi connectivity index (χ2n) is 7.84. The lowest BCUT2D eigenvalue weighted by molar-refractivity contribution is 0.112. The first kappa shape index (κ1) is 19.4. The largest absolute Gasteiger partial charge is 0.437 e. The fraction of sp³-hybridized carbons (Fsp3) is 0.250. The van der Waals surface area contributed by atoms with Crippen LogP contribution in [0.2, 0.25) is 0 Å². The van der Waals surface area contributed by atoms with Gasteiger partial charge >= 0.3 is 0 Å². The van der Waals surface area contributed by atoms with Gasteiger partial charge in [-0.2, -0.15) is 0 Å². The molecule has 7 nitrogen and oxygen atoms in total. The van der Waals surface area contributed by atoms with Gasteiger partial charge in [0.25, 0.3) is 0 Å². The molecule has 2 aromatic heterocycles. The number of aliphatic hydroxyl groups excluding tert-OH is 1. The number of aromatic amines is 1. The van der Waals surface area contributed by atoms with Crippen LogP contribution in [0, 0.1) is 0 Å². The zero-order chi connectivity index (χ0) is 21.2. The van der Waals surface area contributed by atoms with Gasteiger partial charge in [0.15, 0.2) is 6.29 Å². The first-order valence-corrected chi connectivity index (χ1v) is 10.4. The molecule has 1 saturated carbocycles. The molecule has 2 heterocycles. The topological polar surface area (TPSA) is 101 Å². The summed E-state index contributed by atoms with van der Waals surface area (Å²) in [5.74, 6) is 1.68. The van der Waals surface area contributed by atoms with Crippen LogP contribution in [-0.4, -0.2) is 37.4 Å². The van der Waals surface area contributed by atoms with Crippen LogP contribution >= 0.6 is 0 Å². The third-order valence-corrected chi connectivity index (χ3v) is 5.74. The summed E-state index contributed by atoms with van der Waals surface area (Å²) in [6, 6.07) is 13.0. The Morgan fingerprint density at radius 1 is 1.10 bits per heavy atom. The van der Waals surface area contributed by atoms with Crippen molar-refractivity contribution in [3.63, 3.8) is 0 Å². The van der Waals surface area contributed by atoms with E-state index in [1.807, 2.05) is 24.3 Å². The van der Waals surface area contributed by atoms with E-state index in [1.165, 1.54) is 0 Å². The number of nitrogens with one attached hydrogen (secondary N) is 1. The number of para-hydroxylation sites is 2. The zero-order valence-corrected chi connectivity index (χ0v) is 16.9. The number of hydrogen-bond acceptors (Lipinski definition) is 6. The lowest BCUT2D eigenvalue weighted by atomic mass is 9.85. The van der Waals surface area contributed by atoms with E-state index in [1.54, 1.807) is 30.6 Å². The van der Waals surface area contributed by atoms with Gasteiger partial charge in [-0.25, -0.2) is 9.97 Å². The number of aromatic nitrogens is 4. The second-order valence-corrected chi connectivity index (χ2v) is 7.84. The van der Waals surface area contributed by atoms with E-state index in [0.717, 1.165) is 42.3 Å². The van der Waals surface area contributed by atoms with Crippen molar-refractivity contribution in [2.45, 2.75) is 37.7 Å². The highest BCUT2D eigenvalue weighted by Gasteiger charge is 2.26. The number of aliphatic hydroxyl groups is 1. The Morgan fingerprint density at radius 2 is 1.97 bits per heavy atom. The maximum absolute atomic E-state index is 11.6. The van der Waals surface area contributed by atoms with Crippen LogP contribution in [-0.2, 0) is 0 Å². The van der Waals surface area contributed by atoms with E-state index in [4.69, 9.17) is 4.74 Å². The minimum Gasteiger partial charge on any atom is -0.437 e. The Hall–Kier alpha value is -3.58. The predicted octanol–water partition coefficient (Wildman–Crippen LogP) is 4.64. The molecular weight excluding hydrogens is 392 g/mol. The summed E-state index contributed by atoms with van der Waals surface area (Å²) in [7, 11) is 0. The van der Waals surface area contributed by atoms with E-state index >= 15 is 0 Å². The molecule has 1 aliphatic carbocycles. The smallest absolute Gasteiger partial charge is 0.241 e. The SMILES string of the molecule is O=Cc1ccc(Oc2nccnc2[C@@H]2CCC[C@H](O)C2)cc1-c1nc2ccccc2[nH]1. The van der Waals surface area contributed by atoms with Crippen molar-refractivity contribution >= 4 is 17.3 Å². The standard InChI is InChI=1S/C24H22N4O3/c29-14-16-8-9-18(13-19(16)23-27-20-6-1-2-7-21(20)28-23)31-24-22(25-10-11-26-24)15-4-3-5-17(30)12-15/h1-2,6-11,13-15,17,30H,3-5,12H2,(H,27,28)/t15-,17+/m1/s1. The maximum Gasteiger partial charge on any atom is 0.241 e. The van der Waals surface area contributed by atoms with Crippen molar-refractivity contribution in [3.8, 4) is 23.0 Å². The Bertz CT molecular complexity index is 1200. The van der Waals surface area contributed by atoms with E-state index in [-0.39, 0.29) is 12.0 Å². The summed E-state index contributed by atoms with van der Waals surface area (Å²) < 4.78 is 6.12. The molecule has 1 fully saturated rings. The first-order valence-electron chi connectivity index (χ1n) is 10.4. The van der Waals surface area contributed by atoms with E-state index < -0.39 is 0 Å². The number of aldehydes is 1. The van der Waals surface area contributed by atoms with Crippen LogP contribution in [0.4, 0.5) is 0 Å². The normalized spacial score (nSPS) is 18.7. The molecule has 0 radical (unpaired) electrons. The van der Waals surface area contributed by atoms with Crippen molar-refractivity contribution in [1.82, 2.24) is 19.9 Å². The third kappa shape index (κ3) is 3.92. The summed E-state index contributed by atoms with van der Waals surface area (Å²) in [5.41, 5.74) is 3.65. The van der Waals surface area contributed by atoms with Gasteiger partial charge in [-0.05, 0) is 49.6 Å². The van der Waals surface area contributed by atoms with Crippen LogP contribution in [0.25, 0.3) is 22.4 Å². The molecule has 1 aliphatic rings. The van der Waals surface area contributed by atoms with Crippen LogP contribution in [0.5, 0.6) is 11.6 Å². The first-order chi connectivity index (χ1) is 15.2. The van der Waals surface area contributed by atoms with Crippen molar-refractivity contribution in [3.05, 3.63) is 66.1 Å². The number of nitrogens with zero attached hydrogens (tertiary/aromatic N) is 3. The van der Waals surface area contributed by atoms with Crippen LogP contribution in [0.3, 0.4) is 0 Å². The number of rotatable bonds is 5. The number of H-pyrrole nitrogens is 1. The molecule has 0 spiro atoms. The average Bonchev–Trinajstić information content (AvgIpc) is 3.24. The number of imidazole rings is 1. The van der Waals surface area contributed by atoms with Gasteiger partial charge in [0, 0.05) is 29.4 Å². The molecule has 2 aromatic carbocycles. The average molecular weight is 414 g/mol. The molecule has 0 unspecified atom stereocenters. The van der Waals surface area contributed by atoms with Crippen molar-refractivity contribution in [1.29, 1.82) is 0 Å². The van der Waals surface area contributed by atoms with Gasteiger partial charge in [0.2, 0.25) is 5.88 Å². The van der Waals surface area contributed by atoms with Crippen molar-refractivity contribution < 1.29 is 14.6 Å². The molecule has 0 aliphatic heterocycles. The van der Waals surface area contributed by atoms with Gasteiger partial charge < -0.3 is 14.8 Å².